The molecule has 6 nitrogen and oxygen atoms in total. The molecule has 2 bridgehead atoms. The highest BCUT2D eigenvalue weighted by Crippen LogP contribution is 2.36. The van der Waals surface area contributed by atoms with E-state index >= 15 is 0 Å². The minimum Gasteiger partial charge on any atom is -0.478 e. The summed E-state index contributed by atoms with van der Waals surface area (Å²) in [6, 6.07) is 16.1. The molecule has 0 saturated carbocycles. The molecule has 2 aliphatic rings. The van der Waals surface area contributed by atoms with E-state index in [1.54, 1.807) is 12.1 Å². The zero-order chi connectivity index (χ0) is 20.4. The van der Waals surface area contributed by atoms with Gasteiger partial charge in [0.15, 0.2) is 6.04 Å². The van der Waals surface area contributed by atoms with Crippen LogP contribution >= 0.6 is 0 Å². The van der Waals surface area contributed by atoms with E-state index in [1.165, 1.54) is 12.1 Å². The third kappa shape index (κ3) is 4.27. The molecule has 0 aliphatic carbocycles. The summed E-state index contributed by atoms with van der Waals surface area (Å²) in [6.45, 7) is 0. The lowest BCUT2D eigenvalue weighted by Crippen LogP contribution is -2.44. The zero-order valence-electron chi connectivity index (χ0n) is 16.5. The number of nitrogens with one attached hydrogen (secondary N) is 1. The predicted octanol–water partition coefficient (Wildman–Crippen LogP) is 3.71. The highest BCUT2D eigenvalue weighted by Gasteiger charge is 2.40. The maximum atomic E-state index is 13.1. The quantitative estimate of drug-likeness (QED) is 0.728. The van der Waals surface area contributed by atoms with Gasteiger partial charge in [-0.1, -0.05) is 36.4 Å². The van der Waals surface area contributed by atoms with Gasteiger partial charge in [0, 0.05) is 17.8 Å². The van der Waals surface area contributed by atoms with Crippen LogP contribution in [0.1, 0.15) is 47.6 Å². The van der Waals surface area contributed by atoms with Crippen LogP contribution in [0.4, 0.5) is 5.69 Å². The first-order valence-electron chi connectivity index (χ1n) is 10.1. The number of piperidine rings is 1. The Morgan fingerprint density at radius 3 is 2.41 bits per heavy atom. The number of carbonyl (C=O) groups excluding carboxylic acids is 1. The molecule has 6 heteroatoms. The Balaban J connectivity index is 1.52. The second-order valence-corrected chi connectivity index (χ2v) is 7.95. The number of rotatable bonds is 6. The fraction of sp³-hybridized carbons (Fsp3) is 0.391. The number of benzene rings is 2. The van der Waals surface area contributed by atoms with Gasteiger partial charge in [0.25, 0.3) is 0 Å². The van der Waals surface area contributed by atoms with Crippen molar-refractivity contribution in [2.75, 3.05) is 12.4 Å². The number of carbonyl (C=O) groups is 2. The Hall–Kier alpha value is -2.86. The van der Waals surface area contributed by atoms with Crippen LogP contribution in [-0.2, 0) is 9.53 Å². The predicted molar refractivity (Wildman–Crippen MR) is 110 cm³/mol. The number of carboxylic acid groups (broad SMARTS) is 1. The summed E-state index contributed by atoms with van der Waals surface area (Å²) in [4.78, 5) is 26.8. The molecule has 0 aromatic heterocycles. The lowest BCUT2D eigenvalue weighted by atomic mass is 10.00. The van der Waals surface area contributed by atoms with Crippen LogP contribution in [0.15, 0.2) is 54.6 Å². The number of hydrogen-bond acceptors (Lipinski definition) is 5. The fourth-order valence-corrected chi connectivity index (χ4v) is 4.52. The second-order valence-electron chi connectivity index (χ2n) is 7.95. The number of nitrogens with zero attached hydrogens (tertiary/aromatic N) is 1. The standard InChI is InChI=1S/C23H26N2O4/c1-25-18-10-11-19(25)14-20(13-18)29-23(28)21(15-6-3-2-4-7-15)24-17-9-5-8-16(12-17)22(26)27/h2-9,12,18-21,24H,10-11,13-14H2,1H3,(H,26,27). The van der Waals surface area contributed by atoms with Gasteiger partial charge in [-0.15, -0.1) is 0 Å². The molecule has 2 aromatic rings. The fourth-order valence-electron chi connectivity index (χ4n) is 4.52. The van der Waals surface area contributed by atoms with Gasteiger partial charge in [0.05, 0.1) is 5.56 Å². The van der Waals surface area contributed by atoms with Crippen LogP contribution in [0.25, 0.3) is 0 Å². The van der Waals surface area contributed by atoms with Crippen LogP contribution < -0.4 is 5.32 Å². The Bertz CT molecular complexity index is 871. The van der Waals surface area contributed by atoms with E-state index in [0.717, 1.165) is 31.2 Å². The second kappa shape index (κ2) is 8.25. The summed E-state index contributed by atoms with van der Waals surface area (Å²) in [6.07, 6.45) is 3.99. The molecule has 2 heterocycles. The first-order valence-corrected chi connectivity index (χ1v) is 10.1. The summed E-state index contributed by atoms with van der Waals surface area (Å²) >= 11 is 0. The normalized spacial score (nSPS) is 24.7. The van der Waals surface area contributed by atoms with E-state index in [9.17, 15) is 14.7 Å². The SMILES string of the molecule is CN1C2CCC1CC(OC(=O)C(Nc1cccc(C(=O)O)c1)c1ccccc1)C2. The van der Waals surface area contributed by atoms with Crippen molar-refractivity contribution in [2.45, 2.75) is 49.9 Å². The van der Waals surface area contributed by atoms with Crippen molar-refractivity contribution in [3.05, 3.63) is 65.7 Å². The molecule has 3 atom stereocenters. The number of aromatic carboxylic acids is 1. The van der Waals surface area contributed by atoms with Crippen molar-refractivity contribution in [1.29, 1.82) is 0 Å². The van der Waals surface area contributed by atoms with Gasteiger partial charge < -0.3 is 20.1 Å². The van der Waals surface area contributed by atoms with Crippen molar-refractivity contribution in [3.8, 4) is 0 Å². The molecule has 2 aromatic carbocycles. The zero-order valence-corrected chi connectivity index (χ0v) is 16.5. The van der Waals surface area contributed by atoms with E-state index in [4.69, 9.17) is 4.74 Å². The highest BCUT2D eigenvalue weighted by molar-refractivity contribution is 5.89. The molecule has 29 heavy (non-hydrogen) atoms. The van der Waals surface area contributed by atoms with Crippen molar-refractivity contribution in [3.63, 3.8) is 0 Å². The number of hydrogen-bond donors (Lipinski definition) is 2. The van der Waals surface area contributed by atoms with Crippen LogP contribution in [0.2, 0.25) is 0 Å². The van der Waals surface area contributed by atoms with Crippen LogP contribution in [0, 0.1) is 0 Å². The number of ether oxygens (including phenoxy) is 1. The molecule has 2 N–H and O–H groups in total. The van der Waals surface area contributed by atoms with Crippen LogP contribution in [0.5, 0.6) is 0 Å². The van der Waals surface area contributed by atoms with Gasteiger partial charge in [0.1, 0.15) is 6.10 Å². The van der Waals surface area contributed by atoms with Crippen molar-refractivity contribution < 1.29 is 19.4 Å². The lowest BCUT2D eigenvalue weighted by Gasteiger charge is -2.36. The summed E-state index contributed by atoms with van der Waals surface area (Å²) < 4.78 is 5.94. The van der Waals surface area contributed by atoms with E-state index in [0.29, 0.717) is 17.8 Å². The van der Waals surface area contributed by atoms with E-state index in [2.05, 4.69) is 17.3 Å². The summed E-state index contributed by atoms with van der Waals surface area (Å²) in [5.41, 5.74) is 1.52. The number of fused-ring (bicyclic) bond motifs is 2. The minimum absolute atomic E-state index is 0.0745. The molecule has 152 valence electrons. The van der Waals surface area contributed by atoms with Gasteiger partial charge >= 0.3 is 11.9 Å². The average molecular weight is 394 g/mol. The topological polar surface area (TPSA) is 78.9 Å². The Kier molecular flexibility index (Phi) is 5.53. The van der Waals surface area contributed by atoms with E-state index in [-0.39, 0.29) is 17.6 Å². The molecular formula is C23H26N2O4. The molecule has 0 amide bonds. The molecule has 0 radical (unpaired) electrons. The molecular weight excluding hydrogens is 368 g/mol. The van der Waals surface area contributed by atoms with Gasteiger partial charge in [0.2, 0.25) is 0 Å². The smallest absolute Gasteiger partial charge is 0.335 e. The summed E-state index contributed by atoms with van der Waals surface area (Å²) in [5.74, 6) is -1.33. The third-order valence-corrected chi connectivity index (χ3v) is 6.13. The number of carboxylic acids is 1. The summed E-state index contributed by atoms with van der Waals surface area (Å²) in [7, 11) is 2.16. The van der Waals surface area contributed by atoms with E-state index < -0.39 is 12.0 Å². The average Bonchev–Trinajstić information content (AvgIpc) is 2.93. The third-order valence-electron chi connectivity index (χ3n) is 6.13. The van der Waals surface area contributed by atoms with E-state index in [1.807, 2.05) is 30.3 Å². The highest BCUT2D eigenvalue weighted by atomic mass is 16.5. The van der Waals surface area contributed by atoms with Crippen molar-refractivity contribution in [2.24, 2.45) is 0 Å². The van der Waals surface area contributed by atoms with Gasteiger partial charge in [-0.3, -0.25) is 0 Å². The van der Waals surface area contributed by atoms with Gasteiger partial charge in [-0.25, -0.2) is 9.59 Å². The first kappa shape index (κ1) is 19.5. The monoisotopic (exact) mass is 394 g/mol. The largest absolute Gasteiger partial charge is 0.478 e. The maximum absolute atomic E-state index is 13.1. The molecule has 2 fully saturated rings. The molecule has 2 saturated heterocycles. The van der Waals surface area contributed by atoms with Gasteiger partial charge in [-0.05, 0) is 56.5 Å². The molecule has 3 unspecified atom stereocenters. The number of anilines is 1. The van der Waals surface area contributed by atoms with Crippen molar-refractivity contribution in [1.82, 2.24) is 4.90 Å². The van der Waals surface area contributed by atoms with Crippen molar-refractivity contribution >= 4 is 17.6 Å². The molecule has 4 rings (SSSR count). The number of esters is 1. The Morgan fingerprint density at radius 1 is 1.07 bits per heavy atom. The van der Waals surface area contributed by atoms with Gasteiger partial charge in [-0.2, -0.15) is 0 Å². The minimum atomic E-state index is -1.01. The maximum Gasteiger partial charge on any atom is 0.335 e. The van der Waals surface area contributed by atoms with Crippen LogP contribution in [-0.4, -0.2) is 47.2 Å². The molecule has 0 spiro atoms. The Morgan fingerprint density at radius 2 is 1.76 bits per heavy atom. The lowest BCUT2D eigenvalue weighted by molar-refractivity contribution is -0.153. The summed E-state index contributed by atoms with van der Waals surface area (Å²) in [5, 5.41) is 12.4. The Labute approximate surface area is 170 Å². The van der Waals surface area contributed by atoms with Crippen LogP contribution in [0.3, 0.4) is 0 Å². The first-order chi connectivity index (χ1) is 14.0. The molecule has 2 aliphatic heterocycles.